The van der Waals surface area contributed by atoms with Gasteiger partial charge in [0.1, 0.15) is 11.6 Å². The zero-order valence-electron chi connectivity index (χ0n) is 14.2. The van der Waals surface area contributed by atoms with Gasteiger partial charge in [-0.3, -0.25) is 10.1 Å². The minimum absolute atomic E-state index is 0.0369. The molecule has 4 rings (SSSR count). The van der Waals surface area contributed by atoms with Crippen molar-refractivity contribution < 1.29 is 10.0 Å². The number of nitrogens with one attached hydrogen (secondary N) is 1. The Morgan fingerprint density at radius 3 is 2.52 bits per heavy atom. The van der Waals surface area contributed by atoms with E-state index in [1.165, 1.54) is 18.2 Å². The maximum Gasteiger partial charge on any atom is 0.270 e. The Morgan fingerprint density at radius 2 is 1.78 bits per heavy atom. The van der Waals surface area contributed by atoms with Crippen molar-refractivity contribution >= 4 is 28.4 Å². The second-order valence-corrected chi connectivity index (χ2v) is 6.03. The number of aromatic amines is 1. The van der Waals surface area contributed by atoms with Crippen LogP contribution in [-0.4, -0.2) is 20.0 Å². The van der Waals surface area contributed by atoms with Crippen LogP contribution >= 0.6 is 0 Å². The van der Waals surface area contributed by atoms with Gasteiger partial charge in [-0.15, -0.1) is 0 Å². The molecule has 0 fully saturated rings. The summed E-state index contributed by atoms with van der Waals surface area (Å²) in [5.41, 5.74) is 3.57. The number of fused-ring (bicyclic) bond motifs is 1. The Morgan fingerprint density at radius 1 is 1.04 bits per heavy atom. The van der Waals surface area contributed by atoms with Gasteiger partial charge in [0.15, 0.2) is 0 Å². The maximum atomic E-state index is 11.1. The Balaban J connectivity index is 1.92. The van der Waals surface area contributed by atoms with Crippen molar-refractivity contribution in [2.24, 2.45) is 0 Å². The molecule has 0 saturated heterocycles. The molecule has 3 aromatic carbocycles. The molecule has 0 aliphatic carbocycles. The lowest BCUT2D eigenvalue weighted by Crippen LogP contribution is -1.92. The van der Waals surface area contributed by atoms with Crippen molar-refractivity contribution in [3.8, 4) is 5.75 Å². The van der Waals surface area contributed by atoms with Crippen LogP contribution in [0.25, 0.3) is 22.7 Å². The summed E-state index contributed by atoms with van der Waals surface area (Å²) in [6.45, 7) is 0. The lowest BCUT2D eigenvalue weighted by molar-refractivity contribution is -0.384. The van der Waals surface area contributed by atoms with Gasteiger partial charge >= 0.3 is 0 Å². The first kappa shape index (κ1) is 16.5. The molecule has 0 bridgehead atoms. The first-order valence-corrected chi connectivity index (χ1v) is 8.31. The van der Waals surface area contributed by atoms with Crippen LogP contribution < -0.4 is 0 Å². The first-order valence-electron chi connectivity index (χ1n) is 8.31. The molecule has 132 valence electrons. The topological polar surface area (TPSA) is 92.1 Å². The van der Waals surface area contributed by atoms with Crippen LogP contribution in [0.4, 0.5) is 5.69 Å². The smallest absolute Gasteiger partial charge is 0.270 e. The van der Waals surface area contributed by atoms with Gasteiger partial charge in [0.25, 0.3) is 5.69 Å². The van der Waals surface area contributed by atoms with Crippen molar-refractivity contribution in [2.45, 2.75) is 0 Å². The van der Waals surface area contributed by atoms with Crippen molar-refractivity contribution in [3.63, 3.8) is 0 Å². The standard InChI is InChI=1S/C21H15N3O3/c25-20-11-10-16(24(26)27)12-15(20)13-17(14-6-2-1-3-7-14)21-22-18-8-4-5-9-19(18)23-21/h1-13,25H,(H,22,23)/b17-13-. The summed E-state index contributed by atoms with van der Waals surface area (Å²) >= 11 is 0. The SMILES string of the molecule is O=[N+]([O-])c1ccc(O)c(/C=C(/c2ccccc2)c2nc3ccccc3[nH]2)c1. The Bertz CT molecular complexity index is 1130. The fraction of sp³-hybridized carbons (Fsp3) is 0. The molecule has 6 heteroatoms. The molecule has 0 spiro atoms. The summed E-state index contributed by atoms with van der Waals surface area (Å²) in [5.74, 6) is 0.582. The minimum Gasteiger partial charge on any atom is -0.507 e. The van der Waals surface area contributed by atoms with E-state index in [0.717, 1.165) is 22.2 Å². The lowest BCUT2D eigenvalue weighted by Gasteiger charge is -2.07. The largest absolute Gasteiger partial charge is 0.507 e. The van der Waals surface area contributed by atoms with Crippen molar-refractivity contribution in [1.82, 2.24) is 9.97 Å². The van der Waals surface area contributed by atoms with Crippen LogP contribution in [0, 0.1) is 10.1 Å². The van der Waals surface area contributed by atoms with Gasteiger partial charge in [-0.2, -0.15) is 0 Å². The fourth-order valence-electron chi connectivity index (χ4n) is 2.91. The third-order valence-electron chi connectivity index (χ3n) is 4.25. The second-order valence-electron chi connectivity index (χ2n) is 6.03. The number of nitro benzene ring substituents is 1. The number of aromatic nitrogens is 2. The van der Waals surface area contributed by atoms with Crippen molar-refractivity contribution in [2.75, 3.05) is 0 Å². The van der Waals surface area contributed by atoms with Crippen LogP contribution in [-0.2, 0) is 0 Å². The van der Waals surface area contributed by atoms with E-state index in [1.54, 1.807) is 6.08 Å². The highest BCUT2D eigenvalue weighted by Gasteiger charge is 2.14. The van der Waals surface area contributed by atoms with Gasteiger partial charge in [-0.1, -0.05) is 42.5 Å². The first-order chi connectivity index (χ1) is 13.1. The number of phenolic OH excluding ortho intramolecular Hbond substituents is 1. The predicted molar refractivity (Wildman–Crippen MR) is 104 cm³/mol. The minimum atomic E-state index is -0.486. The Kier molecular flexibility index (Phi) is 4.14. The number of nitro groups is 1. The predicted octanol–water partition coefficient (Wildman–Crippen LogP) is 4.77. The van der Waals surface area contributed by atoms with E-state index in [2.05, 4.69) is 9.97 Å². The van der Waals surface area contributed by atoms with Gasteiger partial charge in [0.2, 0.25) is 0 Å². The molecular formula is C21H15N3O3. The molecular weight excluding hydrogens is 342 g/mol. The summed E-state index contributed by atoms with van der Waals surface area (Å²) in [6.07, 6.45) is 1.70. The summed E-state index contributed by atoms with van der Waals surface area (Å²) in [7, 11) is 0. The molecule has 2 N–H and O–H groups in total. The summed E-state index contributed by atoms with van der Waals surface area (Å²) < 4.78 is 0. The lowest BCUT2D eigenvalue weighted by atomic mass is 10.0. The van der Waals surface area contributed by atoms with E-state index < -0.39 is 4.92 Å². The molecule has 6 nitrogen and oxygen atoms in total. The number of H-pyrrole nitrogens is 1. The van der Waals surface area contributed by atoms with E-state index in [-0.39, 0.29) is 11.4 Å². The van der Waals surface area contributed by atoms with E-state index in [9.17, 15) is 15.2 Å². The van der Waals surface area contributed by atoms with Gasteiger partial charge < -0.3 is 10.1 Å². The second kappa shape index (κ2) is 6.76. The molecule has 1 heterocycles. The summed E-state index contributed by atoms with van der Waals surface area (Å²) in [4.78, 5) is 18.5. The van der Waals surface area contributed by atoms with E-state index >= 15 is 0 Å². The van der Waals surface area contributed by atoms with Gasteiger partial charge in [-0.25, -0.2) is 4.98 Å². The van der Waals surface area contributed by atoms with Gasteiger partial charge in [-0.05, 0) is 29.8 Å². The van der Waals surface area contributed by atoms with Crippen molar-refractivity contribution in [1.29, 1.82) is 0 Å². The number of hydrogen-bond acceptors (Lipinski definition) is 4. The number of benzene rings is 3. The molecule has 0 unspecified atom stereocenters. The highest BCUT2D eigenvalue weighted by molar-refractivity contribution is 5.92. The Labute approximate surface area is 154 Å². The van der Waals surface area contributed by atoms with Gasteiger partial charge in [0, 0.05) is 23.3 Å². The number of hydrogen-bond donors (Lipinski definition) is 2. The van der Waals surface area contributed by atoms with E-state index in [0.29, 0.717) is 11.4 Å². The zero-order chi connectivity index (χ0) is 18.8. The van der Waals surface area contributed by atoms with Crippen LogP contribution in [0.15, 0.2) is 72.8 Å². The van der Waals surface area contributed by atoms with Crippen LogP contribution in [0.5, 0.6) is 5.75 Å². The van der Waals surface area contributed by atoms with Crippen LogP contribution in [0.2, 0.25) is 0 Å². The highest BCUT2D eigenvalue weighted by atomic mass is 16.6. The highest BCUT2D eigenvalue weighted by Crippen LogP contribution is 2.31. The average Bonchev–Trinajstić information content (AvgIpc) is 3.11. The molecule has 0 saturated carbocycles. The van der Waals surface area contributed by atoms with Crippen LogP contribution in [0.1, 0.15) is 17.0 Å². The number of phenols is 1. The van der Waals surface area contributed by atoms with E-state index in [4.69, 9.17) is 0 Å². The molecule has 27 heavy (non-hydrogen) atoms. The number of rotatable bonds is 4. The summed E-state index contributed by atoms with van der Waals surface area (Å²) in [5, 5.41) is 21.3. The Hall–Kier alpha value is -3.93. The molecule has 1 aromatic heterocycles. The third kappa shape index (κ3) is 3.28. The number of non-ortho nitro benzene ring substituents is 1. The monoisotopic (exact) mass is 357 g/mol. The number of aromatic hydroxyl groups is 1. The number of nitrogens with zero attached hydrogens (tertiary/aromatic N) is 2. The van der Waals surface area contributed by atoms with E-state index in [1.807, 2.05) is 54.6 Å². The van der Waals surface area contributed by atoms with Crippen LogP contribution in [0.3, 0.4) is 0 Å². The maximum absolute atomic E-state index is 11.1. The van der Waals surface area contributed by atoms with Gasteiger partial charge in [0.05, 0.1) is 16.0 Å². The van der Waals surface area contributed by atoms with Crippen molar-refractivity contribution in [3.05, 3.63) is 99.9 Å². The number of para-hydroxylation sites is 2. The number of imidazole rings is 1. The third-order valence-corrected chi connectivity index (χ3v) is 4.25. The molecule has 0 amide bonds. The average molecular weight is 357 g/mol. The molecule has 0 aliphatic rings. The normalized spacial score (nSPS) is 11.6. The molecule has 0 aliphatic heterocycles. The molecule has 0 radical (unpaired) electrons. The molecule has 0 atom stereocenters. The summed E-state index contributed by atoms with van der Waals surface area (Å²) in [6, 6.07) is 21.2. The molecule has 4 aromatic rings. The quantitative estimate of drug-likeness (QED) is 0.313. The zero-order valence-corrected chi connectivity index (χ0v) is 14.2. The fourth-order valence-corrected chi connectivity index (χ4v) is 2.91.